The molecule has 1 saturated heterocycles. The minimum absolute atomic E-state index is 0.00787. The van der Waals surface area contributed by atoms with Crippen molar-refractivity contribution in [3.63, 3.8) is 0 Å². The predicted molar refractivity (Wildman–Crippen MR) is 79.8 cm³/mol. The van der Waals surface area contributed by atoms with Gasteiger partial charge >= 0.3 is 5.97 Å². The Bertz CT molecular complexity index is 562. The van der Waals surface area contributed by atoms with Crippen molar-refractivity contribution >= 4 is 23.6 Å². The summed E-state index contributed by atoms with van der Waals surface area (Å²) in [6.45, 7) is 0.960. The molecule has 21 heavy (non-hydrogen) atoms. The van der Waals surface area contributed by atoms with Crippen LogP contribution in [0.2, 0.25) is 0 Å². The van der Waals surface area contributed by atoms with Crippen LogP contribution in [0, 0.1) is 0 Å². The number of carboxylic acids is 1. The number of carboxylic acid groups (broad SMARTS) is 1. The van der Waals surface area contributed by atoms with E-state index in [1.165, 1.54) is 0 Å². The van der Waals surface area contributed by atoms with E-state index >= 15 is 0 Å². The van der Waals surface area contributed by atoms with Crippen molar-refractivity contribution in [1.82, 2.24) is 4.90 Å². The van der Waals surface area contributed by atoms with Crippen LogP contribution in [0.4, 0.5) is 0 Å². The summed E-state index contributed by atoms with van der Waals surface area (Å²) in [5.41, 5.74) is 0.912. The summed E-state index contributed by atoms with van der Waals surface area (Å²) in [7, 11) is 0. The number of amides is 1. The number of carbonyl (C=O) groups is 2. The number of nitrogens with zero attached hydrogens (tertiary/aromatic N) is 1. The van der Waals surface area contributed by atoms with Gasteiger partial charge in [-0.05, 0) is 6.07 Å². The average Bonchev–Trinajstić information content (AvgIpc) is 2.90. The predicted octanol–water partition coefficient (Wildman–Crippen LogP) is 1.58. The van der Waals surface area contributed by atoms with Gasteiger partial charge in [0.2, 0.25) is 5.91 Å². The lowest BCUT2D eigenvalue weighted by atomic mass is 9.98. The number of rotatable bonds is 3. The number of fused-ring (bicyclic) bond motifs is 1. The van der Waals surface area contributed by atoms with Crippen LogP contribution in [-0.2, 0) is 9.59 Å². The Morgan fingerprint density at radius 3 is 3.00 bits per heavy atom. The number of hydrogen-bond donors (Lipinski definition) is 1. The Balaban J connectivity index is 1.79. The molecule has 2 aliphatic rings. The highest BCUT2D eigenvalue weighted by Crippen LogP contribution is 2.35. The van der Waals surface area contributed by atoms with Gasteiger partial charge in [0.25, 0.3) is 0 Å². The molecule has 0 saturated carbocycles. The largest absolute Gasteiger partial charge is 0.492 e. The zero-order chi connectivity index (χ0) is 14.8. The molecule has 0 aliphatic carbocycles. The average molecular weight is 307 g/mol. The van der Waals surface area contributed by atoms with E-state index in [1.807, 2.05) is 24.3 Å². The number of aliphatic carboxylic acids is 1. The molecule has 1 aromatic rings. The summed E-state index contributed by atoms with van der Waals surface area (Å²) < 4.78 is 5.57. The van der Waals surface area contributed by atoms with Crippen molar-refractivity contribution in [1.29, 1.82) is 0 Å². The van der Waals surface area contributed by atoms with E-state index in [-0.39, 0.29) is 24.3 Å². The molecule has 1 aromatic carbocycles. The Morgan fingerprint density at radius 2 is 2.19 bits per heavy atom. The molecular formula is C15H17NO4S. The van der Waals surface area contributed by atoms with Crippen molar-refractivity contribution in [3.8, 4) is 5.75 Å². The Hall–Kier alpha value is -1.69. The molecule has 0 aromatic heterocycles. The number of hydrogen-bond acceptors (Lipinski definition) is 4. The molecule has 0 spiro atoms. The van der Waals surface area contributed by atoms with Gasteiger partial charge in [0.1, 0.15) is 18.3 Å². The summed E-state index contributed by atoms with van der Waals surface area (Å²) in [6, 6.07) is 7.34. The topological polar surface area (TPSA) is 66.8 Å². The van der Waals surface area contributed by atoms with E-state index in [0.717, 1.165) is 17.1 Å². The molecular weight excluding hydrogens is 290 g/mol. The summed E-state index contributed by atoms with van der Waals surface area (Å²) >= 11 is 1.71. The fraction of sp³-hybridized carbons (Fsp3) is 0.467. The number of carbonyl (C=O) groups excluding carboxylic acids is 1. The molecule has 2 aliphatic heterocycles. The summed E-state index contributed by atoms with van der Waals surface area (Å²) in [5, 5.41) is 9.02. The first-order valence-corrected chi connectivity index (χ1v) is 8.14. The van der Waals surface area contributed by atoms with E-state index in [1.54, 1.807) is 16.7 Å². The lowest BCUT2D eigenvalue weighted by Crippen LogP contribution is -2.49. The summed E-state index contributed by atoms with van der Waals surface area (Å²) in [5.74, 6) is 1.14. The van der Waals surface area contributed by atoms with E-state index in [2.05, 4.69) is 0 Å². The first-order valence-electron chi connectivity index (χ1n) is 6.98. The minimum Gasteiger partial charge on any atom is -0.492 e. The quantitative estimate of drug-likeness (QED) is 0.918. The highest BCUT2D eigenvalue weighted by Gasteiger charge is 2.37. The Morgan fingerprint density at radius 1 is 1.38 bits per heavy atom. The smallest absolute Gasteiger partial charge is 0.305 e. The van der Waals surface area contributed by atoms with E-state index in [0.29, 0.717) is 18.9 Å². The Labute approximate surface area is 127 Å². The second kappa shape index (κ2) is 5.97. The fourth-order valence-electron chi connectivity index (χ4n) is 2.88. The van der Waals surface area contributed by atoms with E-state index in [9.17, 15) is 9.59 Å². The molecule has 0 bridgehead atoms. The monoisotopic (exact) mass is 307 g/mol. The minimum atomic E-state index is -0.858. The van der Waals surface area contributed by atoms with Crippen LogP contribution in [0.1, 0.15) is 17.9 Å². The molecule has 2 heterocycles. The normalized spacial score (nSPS) is 24.3. The van der Waals surface area contributed by atoms with Crippen LogP contribution in [0.3, 0.4) is 0 Å². The van der Waals surface area contributed by atoms with Crippen molar-refractivity contribution in [3.05, 3.63) is 29.8 Å². The van der Waals surface area contributed by atoms with Crippen LogP contribution < -0.4 is 4.74 Å². The molecule has 112 valence electrons. The van der Waals surface area contributed by atoms with Crippen molar-refractivity contribution < 1.29 is 19.4 Å². The third-order valence-electron chi connectivity index (χ3n) is 3.92. The van der Waals surface area contributed by atoms with Crippen LogP contribution in [-0.4, -0.2) is 52.6 Å². The molecule has 1 N–H and O–H groups in total. The van der Waals surface area contributed by atoms with Gasteiger partial charge in [-0.25, -0.2) is 0 Å². The summed E-state index contributed by atoms with van der Waals surface area (Å²) in [6.07, 6.45) is 0.00790. The molecule has 2 unspecified atom stereocenters. The SMILES string of the molecule is O=C(O)CC1CSCCN1C(=O)C1COc2ccccc21. The van der Waals surface area contributed by atoms with Gasteiger partial charge in [0.05, 0.1) is 12.5 Å². The first kappa shape index (κ1) is 14.3. The van der Waals surface area contributed by atoms with Gasteiger partial charge in [0, 0.05) is 23.6 Å². The highest BCUT2D eigenvalue weighted by atomic mass is 32.2. The van der Waals surface area contributed by atoms with Crippen LogP contribution in [0.5, 0.6) is 5.75 Å². The van der Waals surface area contributed by atoms with Crippen molar-refractivity contribution in [2.75, 3.05) is 24.7 Å². The van der Waals surface area contributed by atoms with E-state index < -0.39 is 5.97 Å². The second-order valence-electron chi connectivity index (χ2n) is 5.26. The van der Waals surface area contributed by atoms with Gasteiger partial charge in [-0.2, -0.15) is 11.8 Å². The molecule has 5 nitrogen and oxygen atoms in total. The fourth-order valence-corrected chi connectivity index (χ4v) is 3.95. The van der Waals surface area contributed by atoms with Crippen LogP contribution in [0.25, 0.3) is 0 Å². The number of para-hydroxylation sites is 1. The van der Waals surface area contributed by atoms with Gasteiger partial charge in [-0.15, -0.1) is 0 Å². The maximum Gasteiger partial charge on any atom is 0.305 e. The van der Waals surface area contributed by atoms with Gasteiger partial charge < -0.3 is 14.7 Å². The highest BCUT2D eigenvalue weighted by molar-refractivity contribution is 7.99. The van der Waals surface area contributed by atoms with Gasteiger partial charge in [0.15, 0.2) is 0 Å². The number of ether oxygens (including phenoxy) is 1. The zero-order valence-electron chi connectivity index (χ0n) is 11.5. The molecule has 2 atom stereocenters. The standard InChI is InChI=1S/C15H17NO4S/c17-14(18)7-10-9-21-6-5-16(10)15(19)12-8-20-13-4-2-1-3-11(12)13/h1-4,10,12H,5-9H2,(H,17,18). The molecule has 1 fully saturated rings. The zero-order valence-corrected chi connectivity index (χ0v) is 12.3. The number of benzene rings is 1. The molecule has 6 heteroatoms. The molecule has 1 amide bonds. The lowest BCUT2D eigenvalue weighted by Gasteiger charge is -2.36. The van der Waals surface area contributed by atoms with Gasteiger partial charge in [-0.3, -0.25) is 9.59 Å². The van der Waals surface area contributed by atoms with Crippen LogP contribution in [0.15, 0.2) is 24.3 Å². The van der Waals surface area contributed by atoms with Gasteiger partial charge in [-0.1, -0.05) is 18.2 Å². The maximum atomic E-state index is 12.8. The number of thioether (sulfide) groups is 1. The maximum absolute atomic E-state index is 12.8. The van der Waals surface area contributed by atoms with Crippen LogP contribution >= 0.6 is 11.8 Å². The van der Waals surface area contributed by atoms with Crippen molar-refractivity contribution in [2.45, 2.75) is 18.4 Å². The first-order chi connectivity index (χ1) is 10.2. The van der Waals surface area contributed by atoms with E-state index in [4.69, 9.17) is 9.84 Å². The molecule has 0 radical (unpaired) electrons. The lowest BCUT2D eigenvalue weighted by molar-refractivity contribution is -0.141. The third kappa shape index (κ3) is 2.85. The van der Waals surface area contributed by atoms with Crippen molar-refractivity contribution in [2.24, 2.45) is 0 Å². The third-order valence-corrected chi connectivity index (χ3v) is 5.01. The molecule has 3 rings (SSSR count). The summed E-state index contributed by atoms with van der Waals surface area (Å²) in [4.78, 5) is 25.5. The second-order valence-corrected chi connectivity index (χ2v) is 6.41. The Kier molecular flexibility index (Phi) is 4.05.